The molecule has 104 valence electrons. The Morgan fingerprint density at radius 2 is 2.25 bits per heavy atom. The Hall–Kier alpha value is -1.02. The van der Waals surface area contributed by atoms with Gasteiger partial charge in [-0.05, 0) is 47.6 Å². The minimum absolute atomic E-state index is 0.00413. The molecule has 1 aromatic carbocycles. The Balaban J connectivity index is 1.57. The van der Waals surface area contributed by atoms with E-state index < -0.39 is 0 Å². The first kappa shape index (κ1) is 13.9. The highest BCUT2D eigenvalue weighted by atomic mass is 127. The number of hydrogen-bond donors (Lipinski definition) is 1. The molecule has 0 radical (unpaired) electrons. The maximum absolute atomic E-state index is 12.0. The molecule has 0 bridgehead atoms. The Labute approximate surface area is 135 Å². The molecule has 20 heavy (non-hydrogen) atoms. The number of hydrogen-bond acceptors (Lipinski definition) is 3. The van der Waals surface area contributed by atoms with Crippen molar-refractivity contribution < 1.29 is 4.79 Å². The Kier molecular flexibility index (Phi) is 4.30. The second-order valence-electron chi connectivity index (χ2n) is 4.66. The van der Waals surface area contributed by atoms with Crippen molar-refractivity contribution in [1.29, 1.82) is 0 Å². The van der Waals surface area contributed by atoms with Gasteiger partial charge in [0, 0.05) is 22.0 Å². The molecule has 0 aliphatic heterocycles. The molecule has 1 saturated carbocycles. The van der Waals surface area contributed by atoms with Crippen LogP contribution >= 0.6 is 34.4 Å². The predicted octanol–water partition coefficient (Wildman–Crippen LogP) is 3.55. The van der Waals surface area contributed by atoms with Gasteiger partial charge in [0.25, 0.3) is 0 Å². The summed E-state index contributed by atoms with van der Waals surface area (Å²) in [6, 6.07) is 8.36. The SMILES string of the molecule is O=C(CSc1nccn1C1CC1)Nc1ccccc1I. The molecule has 1 amide bonds. The van der Waals surface area contributed by atoms with Crippen molar-refractivity contribution in [3.05, 3.63) is 40.2 Å². The maximum atomic E-state index is 12.0. The summed E-state index contributed by atoms with van der Waals surface area (Å²) < 4.78 is 3.22. The van der Waals surface area contributed by atoms with Gasteiger partial charge in [-0.15, -0.1) is 0 Å². The zero-order valence-corrected chi connectivity index (χ0v) is 13.7. The van der Waals surface area contributed by atoms with Gasteiger partial charge in [0.15, 0.2) is 5.16 Å². The minimum atomic E-state index is 0.00413. The van der Waals surface area contributed by atoms with E-state index in [-0.39, 0.29) is 5.91 Å². The molecule has 0 unspecified atom stereocenters. The van der Waals surface area contributed by atoms with E-state index in [4.69, 9.17) is 0 Å². The fourth-order valence-electron chi connectivity index (χ4n) is 1.92. The van der Waals surface area contributed by atoms with E-state index in [1.807, 2.05) is 30.5 Å². The number of anilines is 1. The molecule has 0 saturated heterocycles. The lowest BCUT2D eigenvalue weighted by Gasteiger charge is -2.08. The number of thioether (sulfide) groups is 1. The highest BCUT2D eigenvalue weighted by molar-refractivity contribution is 14.1. The Morgan fingerprint density at radius 3 is 3.00 bits per heavy atom. The number of imidazole rings is 1. The van der Waals surface area contributed by atoms with Gasteiger partial charge in [-0.1, -0.05) is 23.9 Å². The second-order valence-corrected chi connectivity index (χ2v) is 6.77. The summed E-state index contributed by atoms with van der Waals surface area (Å²) in [7, 11) is 0. The fourth-order valence-corrected chi connectivity index (χ4v) is 3.27. The van der Waals surface area contributed by atoms with Crippen molar-refractivity contribution in [1.82, 2.24) is 9.55 Å². The molecule has 1 N–H and O–H groups in total. The first-order valence-electron chi connectivity index (χ1n) is 6.44. The van der Waals surface area contributed by atoms with Crippen LogP contribution in [-0.2, 0) is 4.79 Å². The largest absolute Gasteiger partial charge is 0.324 e. The third kappa shape index (κ3) is 3.35. The Bertz CT molecular complexity index is 624. The van der Waals surface area contributed by atoms with Crippen LogP contribution in [0.15, 0.2) is 41.8 Å². The number of halogens is 1. The zero-order valence-electron chi connectivity index (χ0n) is 10.8. The molecular weight excluding hydrogens is 385 g/mol. The summed E-state index contributed by atoms with van der Waals surface area (Å²) in [5.74, 6) is 0.388. The number of nitrogens with one attached hydrogen (secondary N) is 1. The highest BCUT2D eigenvalue weighted by Gasteiger charge is 2.25. The third-order valence-corrected chi connectivity index (χ3v) is 4.98. The number of aromatic nitrogens is 2. The van der Waals surface area contributed by atoms with Crippen LogP contribution in [0, 0.1) is 3.57 Å². The van der Waals surface area contributed by atoms with Crippen LogP contribution in [0.25, 0.3) is 0 Å². The number of nitrogens with zero attached hydrogens (tertiary/aromatic N) is 2. The van der Waals surface area contributed by atoms with Gasteiger partial charge in [-0.2, -0.15) is 0 Å². The summed E-state index contributed by atoms with van der Waals surface area (Å²) in [6.45, 7) is 0. The van der Waals surface area contributed by atoms with Crippen molar-refractivity contribution in [2.45, 2.75) is 24.0 Å². The molecule has 6 heteroatoms. The second kappa shape index (κ2) is 6.17. The van der Waals surface area contributed by atoms with Crippen molar-refractivity contribution in [3.63, 3.8) is 0 Å². The first-order chi connectivity index (χ1) is 9.74. The predicted molar refractivity (Wildman–Crippen MR) is 89.0 cm³/mol. The van der Waals surface area contributed by atoms with Crippen LogP contribution in [0.2, 0.25) is 0 Å². The lowest BCUT2D eigenvalue weighted by molar-refractivity contribution is -0.113. The minimum Gasteiger partial charge on any atom is -0.324 e. The summed E-state index contributed by atoms with van der Waals surface area (Å²) >= 11 is 3.71. The van der Waals surface area contributed by atoms with Crippen LogP contribution in [0.3, 0.4) is 0 Å². The van der Waals surface area contributed by atoms with Crippen LogP contribution in [-0.4, -0.2) is 21.2 Å². The normalized spacial score (nSPS) is 14.2. The molecule has 1 aliphatic rings. The molecule has 0 atom stereocenters. The topological polar surface area (TPSA) is 46.9 Å². The molecular formula is C14H14IN3OS. The summed E-state index contributed by atoms with van der Waals surface area (Å²) in [5.41, 5.74) is 0.865. The van der Waals surface area contributed by atoms with Gasteiger partial charge >= 0.3 is 0 Å². The quantitative estimate of drug-likeness (QED) is 0.618. The molecule has 3 rings (SSSR count). The van der Waals surface area contributed by atoms with Crippen molar-refractivity contribution in [2.75, 3.05) is 11.1 Å². The molecule has 1 aliphatic carbocycles. The van der Waals surface area contributed by atoms with E-state index in [2.05, 4.69) is 37.5 Å². The van der Waals surface area contributed by atoms with E-state index in [1.54, 1.807) is 6.20 Å². The standard InChI is InChI=1S/C14H14IN3OS/c15-11-3-1-2-4-12(11)17-13(19)9-20-14-16-7-8-18(14)10-5-6-10/h1-4,7-8,10H,5-6,9H2,(H,17,19). The van der Waals surface area contributed by atoms with E-state index in [0.717, 1.165) is 14.4 Å². The lowest BCUT2D eigenvalue weighted by Crippen LogP contribution is -2.15. The van der Waals surface area contributed by atoms with Crippen LogP contribution in [0.1, 0.15) is 18.9 Å². The van der Waals surface area contributed by atoms with E-state index >= 15 is 0 Å². The van der Waals surface area contributed by atoms with Gasteiger partial charge in [0.1, 0.15) is 0 Å². The van der Waals surface area contributed by atoms with Gasteiger partial charge in [0.2, 0.25) is 5.91 Å². The zero-order chi connectivity index (χ0) is 13.9. The van der Waals surface area contributed by atoms with Gasteiger partial charge < -0.3 is 9.88 Å². The monoisotopic (exact) mass is 399 g/mol. The number of para-hydroxylation sites is 1. The Morgan fingerprint density at radius 1 is 1.45 bits per heavy atom. The third-order valence-electron chi connectivity index (χ3n) is 3.05. The van der Waals surface area contributed by atoms with Gasteiger partial charge in [0.05, 0.1) is 11.4 Å². The van der Waals surface area contributed by atoms with Gasteiger partial charge in [-0.25, -0.2) is 4.98 Å². The molecule has 4 nitrogen and oxygen atoms in total. The van der Waals surface area contributed by atoms with Crippen LogP contribution in [0.5, 0.6) is 0 Å². The number of carbonyl (C=O) groups excluding carboxylic acids is 1. The van der Waals surface area contributed by atoms with E-state index in [0.29, 0.717) is 11.8 Å². The summed E-state index contributed by atoms with van der Waals surface area (Å²) in [6.07, 6.45) is 6.24. The number of carbonyl (C=O) groups is 1. The maximum Gasteiger partial charge on any atom is 0.234 e. The molecule has 1 aromatic heterocycles. The lowest BCUT2D eigenvalue weighted by atomic mass is 10.3. The average Bonchev–Trinajstić information content (AvgIpc) is 3.18. The van der Waals surface area contributed by atoms with Gasteiger partial charge in [-0.3, -0.25) is 4.79 Å². The van der Waals surface area contributed by atoms with Crippen molar-refractivity contribution >= 4 is 45.9 Å². The average molecular weight is 399 g/mol. The van der Waals surface area contributed by atoms with E-state index in [9.17, 15) is 4.79 Å². The van der Waals surface area contributed by atoms with Crippen LogP contribution in [0.4, 0.5) is 5.69 Å². The van der Waals surface area contributed by atoms with Crippen LogP contribution < -0.4 is 5.32 Å². The van der Waals surface area contributed by atoms with Crippen molar-refractivity contribution in [2.24, 2.45) is 0 Å². The van der Waals surface area contributed by atoms with E-state index in [1.165, 1.54) is 24.6 Å². The highest BCUT2D eigenvalue weighted by Crippen LogP contribution is 2.37. The smallest absolute Gasteiger partial charge is 0.234 e. The molecule has 2 aromatic rings. The number of benzene rings is 1. The fraction of sp³-hybridized carbons (Fsp3) is 0.286. The molecule has 0 spiro atoms. The molecule has 1 fully saturated rings. The summed E-state index contributed by atoms with van der Waals surface area (Å²) in [4.78, 5) is 16.3. The molecule has 1 heterocycles. The first-order valence-corrected chi connectivity index (χ1v) is 8.50. The summed E-state index contributed by atoms with van der Waals surface area (Å²) in [5, 5.41) is 3.87. The van der Waals surface area contributed by atoms with Crippen molar-refractivity contribution in [3.8, 4) is 0 Å². The number of amides is 1. The number of rotatable bonds is 5.